The molecule has 0 bridgehead atoms. The molecule has 1 fully saturated rings. The molecule has 0 spiro atoms. The summed E-state index contributed by atoms with van der Waals surface area (Å²) in [5.74, 6) is -0.147. The first-order valence-corrected chi connectivity index (χ1v) is 9.07. The third-order valence-electron chi connectivity index (χ3n) is 4.50. The van der Waals surface area contributed by atoms with Gasteiger partial charge in [-0.3, -0.25) is 4.79 Å². The van der Waals surface area contributed by atoms with Gasteiger partial charge in [-0.05, 0) is 29.8 Å². The molecule has 27 heavy (non-hydrogen) atoms. The third kappa shape index (κ3) is 3.68. The van der Waals surface area contributed by atoms with Gasteiger partial charge in [-0.15, -0.1) is 0 Å². The number of halogens is 3. The molecule has 5 nitrogen and oxygen atoms in total. The number of carbonyl (C=O) groups excluding carboxylic acids is 1. The van der Waals surface area contributed by atoms with Gasteiger partial charge in [-0.2, -0.15) is 4.98 Å². The van der Waals surface area contributed by atoms with Gasteiger partial charge in [0.15, 0.2) is 0 Å². The Labute approximate surface area is 164 Å². The normalized spacial score (nSPS) is 16.9. The van der Waals surface area contributed by atoms with Crippen LogP contribution in [0, 0.1) is 5.82 Å². The molecule has 138 valence electrons. The summed E-state index contributed by atoms with van der Waals surface area (Å²) in [5.41, 5.74) is 1.35. The van der Waals surface area contributed by atoms with Crippen LogP contribution in [0.15, 0.2) is 47.0 Å². The van der Waals surface area contributed by atoms with Crippen molar-refractivity contribution in [3.63, 3.8) is 0 Å². The van der Waals surface area contributed by atoms with E-state index in [0.29, 0.717) is 29.6 Å². The van der Waals surface area contributed by atoms with E-state index in [1.807, 2.05) is 18.2 Å². The van der Waals surface area contributed by atoms with Gasteiger partial charge in [0.25, 0.3) is 0 Å². The molecular weight excluding hydrogens is 392 g/mol. The van der Waals surface area contributed by atoms with Crippen molar-refractivity contribution in [3.8, 4) is 11.4 Å². The van der Waals surface area contributed by atoms with Crippen LogP contribution in [0.4, 0.5) is 4.39 Å². The summed E-state index contributed by atoms with van der Waals surface area (Å²) in [6.45, 7) is 0.888. The van der Waals surface area contributed by atoms with Crippen molar-refractivity contribution in [2.75, 3.05) is 6.54 Å². The zero-order chi connectivity index (χ0) is 19.0. The largest absolute Gasteiger partial charge is 0.339 e. The van der Waals surface area contributed by atoms with Gasteiger partial charge in [0.05, 0.1) is 10.9 Å². The highest BCUT2D eigenvalue weighted by molar-refractivity contribution is 6.31. The first kappa shape index (κ1) is 17.9. The number of carbonyl (C=O) groups is 1. The molecule has 2 aromatic carbocycles. The average Bonchev–Trinajstić information content (AvgIpc) is 3.27. The summed E-state index contributed by atoms with van der Waals surface area (Å²) in [6.07, 6.45) is 0.279. The highest BCUT2D eigenvalue weighted by Gasteiger charge is 2.34. The molecule has 1 atom stereocenters. The minimum Gasteiger partial charge on any atom is -0.339 e. The Bertz CT molecular complexity index is 1010. The topological polar surface area (TPSA) is 59.2 Å². The van der Waals surface area contributed by atoms with Crippen LogP contribution in [-0.4, -0.2) is 27.5 Å². The maximum Gasteiger partial charge on any atom is 0.232 e. The van der Waals surface area contributed by atoms with Gasteiger partial charge in [-0.25, -0.2) is 4.39 Å². The van der Waals surface area contributed by atoms with Crippen molar-refractivity contribution in [2.24, 2.45) is 0 Å². The molecule has 2 heterocycles. The number of nitrogens with zero attached hydrogens (tertiary/aromatic N) is 3. The molecule has 1 aliphatic heterocycles. The van der Waals surface area contributed by atoms with E-state index < -0.39 is 5.82 Å². The van der Waals surface area contributed by atoms with Crippen LogP contribution < -0.4 is 0 Å². The predicted molar refractivity (Wildman–Crippen MR) is 98.9 cm³/mol. The van der Waals surface area contributed by atoms with Gasteiger partial charge in [0.1, 0.15) is 5.82 Å². The minimum absolute atomic E-state index is 0.00259. The van der Waals surface area contributed by atoms with Gasteiger partial charge >= 0.3 is 0 Å². The molecule has 0 saturated carbocycles. The fraction of sp³-hybridized carbons (Fsp3) is 0.211. The highest BCUT2D eigenvalue weighted by Crippen LogP contribution is 2.31. The fourth-order valence-corrected chi connectivity index (χ4v) is 3.39. The quantitative estimate of drug-likeness (QED) is 0.631. The Morgan fingerprint density at radius 2 is 2.00 bits per heavy atom. The first-order valence-electron chi connectivity index (χ1n) is 8.31. The summed E-state index contributed by atoms with van der Waals surface area (Å²) >= 11 is 11.9. The molecule has 8 heteroatoms. The summed E-state index contributed by atoms with van der Waals surface area (Å²) in [5, 5.41) is 4.55. The Kier molecular flexibility index (Phi) is 4.85. The summed E-state index contributed by atoms with van der Waals surface area (Å²) in [4.78, 5) is 18.4. The van der Waals surface area contributed by atoms with Crippen molar-refractivity contribution in [3.05, 3.63) is 69.8 Å². The van der Waals surface area contributed by atoms with Crippen LogP contribution in [0.5, 0.6) is 0 Å². The van der Waals surface area contributed by atoms with Crippen LogP contribution in [0.2, 0.25) is 10.0 Å². The van der Waals surface area contributed by atoms with Gasteiger partial charge < -0.3 is 9.42 Å². The van der Waals surface area contributed by atoms with Crippen molar-refractivity contribution in [1.29, 1.82) is 0 Å². The maximum absolute atomic E-state index is 13.6. The van der Waals surface area contributed by atoms with Crippen molar-refractivity contribution >= 4 is 29.1 Å². The maximum atomic E-state index is 13.6. The summed E-state index contributed by atoms with van der Waals surface area (Å²) in [6, 6.07) is 11.7. The van der Waals surface area contributed by atoms with Crippen molar-refractivity contribution in [1.82, 2.24) is 15.0 Å². The van der Waals surface area contributed by atoms with E-state index in [4.69, 9.17) is 27.7 Å². The monoisotopic (exact) mass is 405 g/mol. The Morgan fingerprint density at radius 3 is 2.78 bits per heavy atom. The third-order valence-corrected chi connectivity index (χ3v) is 5.18. The van der Waals surface area contributed by atoms with E-state index in [0.717, 1.165) is 5.56 Å². The molecule has 0 aliphatic carbocycles. The van der Waals surface area contributed by atoms with E-state index >= 15 is 0 Å². The molecule has 1 saturated heterocycles. The second-order valence-corrected chi connectivity index (χ2v) is 7.17. The van der Waals surface area contributed by atoms with Gasteiger partial charge in [0, 0.05) is 30.1 Å². The number of hydrogen-bond acceptors (Lipinski definition) is 4. The fourth-order valence-electron chi connectivity index (χ4n) is 3.08. The van der Waals surface area contributed by atoms with Gasteiger partial charge in [0.2, 0.25) is 17.6 Å². The van der Waals surface area contributed by atoms with E-state index in [-0.39, 0.29) is 29.1 Å². The zero-order valence-corrected chi connectivity index (χ0v) is 15.5. The van der Waals surface area contributed by atoms with Crippen LogP contribution in [0.1, 0.15) is 23.8 Å². The van der Waals surface area contributed by atoms with E-state index in [1.54, 1.807) is 17.0 Å². The Balaban J connectivity index is 1.50. The minimum atomic E-state index is -0.553. The second kappa shape index (κ2) is 7.29. The molecule has 0 radical (unpaired) electrons. The van der Waals surface area contributed by atoms with Crippen LogP contribution in [0.3, 0.4) is 0 Å². The van der Waals surface area contributed by atoms with Crippen molar-refractivity contribution in [2.45, 2.75) is 18.9 Å². The standard InChI is InChI=1S/C19H14Cl2FN3O2/c20-14-4-2-1-3-12(14)9-25-10-13(8-17(25)26)19-23-18(24-27-19)11-5-6-15(21)16(22)7-11/h1-7,13H,8-10H2. The Hall–Kier alpha value is -2.44. The number of likely N-dealkylation sites (tertiary alicyclic amines) is 1. The molecule has 1 aliphatic rings. The molecule has 3 aromatic rings. The molecule has 4 rings (SSSR count). The lowest BCUT2D eigenvalue weighted by Crippen LogP contribution is -2.24. The molecule has 1 amide bonds. The molecule has 1 aromatic heterocycles. The predicted octanol–water partition coefficient (Wildman–Crippen LogP) is 4.70. The molecule has 0 N–H and O–H groups in total. The van der Waals surface area contributed by atoms with Gasteiger partial charge in [-0.1, -0.05) is 46.6 Å². The summed E-state index contributed by atoms with van der Waals surface area (Å²) in [7, 11) is 0. The lowest BCUT2D eigenvalue weighted by molar-refractivity contribution is -0.128. The zero-order valence-electron chi connectivity index (χ0n) is 14.0. The number of hydrogen-bond donors (Lipinski definition) is 0. The summed E-state index contributed by atoms with van der Waals surface area (Å²) < 4.78 is 19.0. The van der Waals surface area contributed by atoms with Crippen LogP contribution in [0.25, 0.3) is 11.4 Å². The molecule has 1 unspecified atom stereocenters. The van der Waals surface area contributed by atoms with Crippen LogP contribution >= 0.6 is 23.2 Å². The smallest absolute Gasteiger partial charge is 0.232 e. The highest BCUT2D eigenvalue weighted by atomic mass is 35.5. The van der Waals surface area contributed by atoms with E-state index in [9.17, 15) is 9.18 Å². The van der Waals surface area contributed by atoms with E-state index in [2.05, 4.69) is 10.1 Å². The average molecular weight is 406 g/mol. The number of aromatic nitrogens is 2. The first-order chi connectivity index (χ1) is 13.0. The number of amides is 1. The second-order valence-electron chi connectivity index (χ2n) is 6.35. The molecular formula is C19H14Cl2FN3O2. The lowest BCUT2D eigenvalue weighted by atomic mass is 10.1. The van der Waals surface area contributed by atoms with Crippen molar-refractivity contribution < 1.29 is 13.7 Å². The number of rotatable bonds is 4. The van der Waals surface area contributed by atoms with E-state index in [1.165, 1.54) is 12.1 Å². The number of benzene rings is 2. The Morgan fingerprint density at radius 1 is 1.19 bits per heavy atom. The lowest BCUT2D eigenvalue weighted by Gasteiger charge is -2.16. The SMILES string of the molecule is O=C1CC(c2nc(-c3ccc(Cl)c(F)c3)no2)CN1Cc1ccccc1Cl. The van der Waals surface area contributed by atoms with Crippen LogP contribution in [-0.2, 0) is 11.3 Å².